The zero-order valence-corrected chi connectivity index (χ0v) is 14.4. The number of azide groups is 1. The van der Waals surface area contributed by atoms with E-state index >= 15 is 0 Å². The predicted molar refractivity (Wildman–Crippen MR) is 92.0 cm³/mol. The van der Waals surface area contributed by atoms with E-state index in [1.165, 1.54) is 39.2 Å². The Bertz CT molecular complexity index is 606. The van der Waals surface area contributed by atoms with Gasteiger partial charge in [-0.25, -0.2) is 4.79 Å². The van der Waals surface area contributed by atoms with Crippen LogP contribution in [0.2, 0.25) is 0 Å². The van der Waals surface area contributed by atoms with Crippen LogP contribution in [0.25, 0.3) is 10.4 Å². The fourth-order valence-corrected chi connectivity index (χ4v) is 3.16. The summed E-state index contributed by atoms with van der Waals surface area (Å²) in [6.07, 6.45) is 6.83. The second kappa shape index (κ2) is 9.18. The van der Waals surface area contributed by atoms with Crippen LogP contribution in [-0.2, 0) is 4.74 Å². The Morgan fingerprint density at radius 2 is 2.12 bits per heavy atom. The Hall–Kier alpha value is -2.20. The number of methoxy groups -OCH3 is 1. The second-order valence-corrected chi connectivity index (χ2v) is 6.19. The summed E-state index contributed by atoms with van der Waals surface area (Å²) in [5.74, 6) is 0.647. The van der Waals surface area contributed by atoms with Gasteiger partial charge in [-0.15, -0.1) is 0 Å². The first-order chi connectivity index (χ1) is 11.7. The van der Waals surface area contributed by atoms with Gasteiger partial charge in [-0.3, -0.25) is 0 Å². The number of hydrogen-bond donors (Lipinski definition) is 0. The molecule has 1 aromatic rings. The van der Waals surface area contributed by atoms with Crippen molar-refractivity contribution in [2.45, 2.75) is 51.5 Å². The highest BCUT2D eigenvalue weighted by Gasteiger charge is 2.19. The quantitative estimate of drug-likeness (QED) is 0.298. The number of rotatable bonds is 7. The average molecular weight is 331 g/mol. The Kier molecular flexibility index (Phi) is 6.94. The van der Waals surface area contributed by atoms with Crippen LogP contribution in [0.1, 0.15) is 67.4 Å². The molecule has 1 fully saturated rings. The largest absolute Gasteiger partial charge is 0.492 e. The average Bonchev–Trinajstić information content (AvgIpc) is 2.64. The van der Waals surface area contributed by atoms with Crippen LogP contribution in [-0.4, -0.2) is 19.7 Å². The number of carbonyl (C=O) groups excluding carboxylic acids is 1. The van der Waals surface area contributed by atoms with Crippen LogP contribution in [0.4, 0.5) is 0 Å². The lowest BCUT2D eigenvalue weighted by Crippen LogP contribution is -2.17. The van der Waals surface area contributed by atoms with E-state index in [1.54, 1.807) is 12.1 Å². The van der Waals surface area contributed by atoms with Crippen molar-refractivity contribution in [1.29, 1.82) is 0 Å². The van der Waals surface area contributed by atoms with Gasteiger partial charge >= 0.3 is 5.97 Å². The Morgan fingerprint density at radius 3 is 2.75 bits per heavy atom. The van der Waals surface area contributed by atoms with Crippen LogP contribution < -0.4 is 4.74 Å². The van der Waals surface area contributed by atoms with Crippen molar-refractivity contribution in [3.8, 4) is 5.75 Å². The van der Waals surface area contributed by atoms with Crippen molar-refractivity contribution in [2.24, 2.45) is 11.0 Å². The first kappa shape index (κ1) is 18.1. The topological polar surface area (TPSA) is 84.3 Å². The zero-order valence-electron chi connectivity index (χ0n) is 14.4. The molecule has 1 aromatic carbocycles. The lowest BCUT2D eigenvalue weighted by Gasteiger charge is -2.22. The Balaban J connectivity index is 2.19. The number of carbonyl (C=O) groups is 1. The second-order valence-electron chi connectivity index (χ2n) is 6.19. The van der Waals surface area contributed by atoms with E-state index in [4.69, 9.17) is 15.0 Å². The lowest BCUT2D eigenvalue weighted by molar-refractivity contribution is 0.0594. The lowest BCUT2D eigenvalue weighted by atomic mass is 9.90. The van der Waals surface area contributed by atoms with Crippen LogP contribution >= 0.6 is 0 Å². The summed E-state index contributed by atoms with van der Waals surface area (Å²) < 4.78 is 10.8. The van der Waals surface area contributed by atoms with E-state index in [-0.39, 0.29) is 6.04 Å². The third-order valence-electron chi connectivity index (χ3n) is 4.57. The number of hydrogen-bond acceptors (Lipinski definition) is 4. The summed E-state index contributed by atoms with van der Waals surface area (Å²) >= 11 is 0. The summed E-state index contributed by atoms with van der Waals surface area (Å²) in [6.45, 7) is 2.56. The minimum atomic E-state index is -0.439. The van der Waals surface area contributed by atoms with Gasteiger partial charge in [0.2, 0.25) is 0 Å². The molecule has 0 aromatic heterocycles. The summed E-state index contributed by atoms with van der Waals surface area (Å²) in [7, 11) is 1.35. The highest BCUT2D eigenvalue weighted by atomic mass is 16.5. The number of esters is 1. The molecule has 1 aliphatic rings. The van der Waals surface area contributed by atoms with Gasteiger partial charge in [-0.05, 0) is 48.4 Å². The van der Waals surface area contributed by atoms with Crippen LogP contribution in [0.5, 0.6) is 5.75 Å². The molecule has 6 heteroatoms. The SMILES string of the molecule is CCC(N=[N+]=[N-])c1ccc(OCC2CCCCC2)c(C(=O)OC)c1. The van der Waals surface area contributed by atoms with E-state index < -0.39 is 5.97 Å². The maximum atomic E-state index is 12.1. The molecule has 0 amide bonds. The highest BCUT2D eigenvalue weighted by Crippen LogP contribution is 2.30. The van der Waals surface area contributed by atoms with Gasteiger partial charge in [-0.1, -0.05) is 37.4 Å². The molecule has 130 valence electrons. The molecule has 0 N–H and O–H groups in total. The van der Waals surface area contributed by atoms with Gasteiger partial charge in [0.1, 0.15) is 11.3 Å². The molecule has 1 aliphatic carbocycles. The van der Waals surface area contributed by atoms with Crippen LogP contribution in [0.15, 0.2) is 23.3 Å². The van der Waals surface area contributed by atoms with Crippen molar-refractivity contribution in [2.75, 3.05) is 13.7 Å². The van der Waals surface area contributed by atoms with Gasteiger partial charge < -0.3 is 9.47 Å². The monoisotopic (exact) mass is 331 g/mol. The smallest absolute Gasteiger partial charge is 0.341 e. The molecule has 24 heavy (non-hydrogen) atoms. The molecule has 1 unspecified atom stereocenters. The Morgan fingerprint density at radius 1 is 1.38 bits per heavy atom. The third kappa shape index (κ3) is 4.65. The molecule has 1 atom stereocenters. The third-order valence-corrected chi connectivity index (χ3v) is 4.57. The zero-order chi connectivity index (χ0) is 17.4. The molecular weight excluding hydrogens is 306 g/mol. The summed E-state index contributed by atoms with van der Waals surface area (Å²) in [6, 6.07) is 5.04. The van der Waals surface area contributed by atoms with Crippen molar-refractivity contribution in [1.82, 2.24) is 0 Å². The number of nitrogens with zero attached hydrogens (tertiary/aromatic N) is 3. The maximum Gasteiger partial charge on any atom is 0.341 e. The summed E-state index contributed by atoms with van der Waals surface area (Å²) in [5, 5.41) is 3.78. The summed E-state index contributed by atoms with van der Waals surface area (Å²) in [5.41, 5.74) is 9.86. The molecule has 0 aliphatic heterocycles. The first-order valence-electron chi connectivity index (χ1n) is 8.58. The van der Waals surface area contributed by atoms with E-state index in [0.717, 1.165) is 5.56 Å². The first-order valence-corrected chi connectivity index (χ1v) is 8.58. The van der Waals surface area contributed by atoms with Crippen molar-refractivity contribution in [3.05, 3.63) is 39.8 Å². The number of benzene rings is 1. The Labute approximate surface area is 142 Å². The van der Waals surface area contributed by atoms with E-state index in [9.17, 15) is 4.79 Å². The molecule has 0 spiro atoms. The minimum absolute atomic E-state index is 0.300. The van der Waals surface area contributed by atoms with Crippen LogP contribution in [0, 0.1) is 5.92 Å². The van der Waals surface area contributed by atoms with Gasteiger partial charge in [-0.2, -0.15) is 0 Å². The maximum absolute atomic E-state index is 12.1. The van der Waals surface area contributed by atoms with E-state index in [0.29, 0.717) is 30.3 Å². The molecular formula is C18H25N3O3. The van der Waals surface area contributed by atoms with Crippen molar-refractivity contribution < 1.29 is 14.3 Å². The van der Waals surface area contributed by atoms with Crippen molar-refractivity contribution in [3.63, 3.8) is 0 Å². The molecule has 0 radical (unpaired) electrons. The van der Waals surface area contributed by atoms with Gasteiger partial charge in [0.05, 0.1) is 19.8 Å². The summed E-state index contributed by atoms with van der Waals surface area (Å²) in [4.78, 5) is 15.0. The standard InChI is InChI=1S/C18H25N3O3/c1-3-16(20-21-19)14-9-10-17(15(11-14)18(22)23-2)24-12-13-7-5-4-6-8-13/h9-11,13,16H,3-8,12H2,1-2H3. The van der Waals surface area contributed by atoms with Gasteiger partial charge in [0.25, 0.3) is 0 Å². The van der Waals surface area contributed by atoms with Crippen LogP contribution in [0.3, 0.4) is 0 Å². The fraction of sp³-hybridized carbons (Fsp3) is 0.611. The molecule has 6 nitrogen and oxygen atoms in total. The molecule has 0 bridgehead atoms. The minimum Gasteiger partial charge on any atom is -0.492 e. The molecule has 2 rings (SSSR count). The molecule has 1 saturated carbocycles. The van der Waals surface area contributed by atoms with E-state index in [2.05, 4.69) is 10.0 Å². The molecule has 0 heterocycles. The number of ether oxygens (including phenoxy) is 2. The highest BCUT2D eigenvalue weighted by molar-refractivity contribution is 5.92. The molecule has 0 saturated heterocycles. The van der Waals surface area contributed by atoms with Gasteiger partial charge in [0.15, 0.2) is 0 Å². The van der Waals surface area contributed by atoms with Crippen molar-refractivity contribution >= 4 is 5.97 Å². The van der Waals surface area contributed by atoms with Gasteiger partial charge in [0, 0.05) is 4.91 Å². The normalized spacial score (nSPS) is 16.1. The van der Waals surface area contributed by atoms with E-state index in [1.807, 2.05) is 13.0 Å². The fourth-order valence-electron chi connectivity index (χ4n) is 3.16. The predicted octanol–water partition coefficient (Wildman–Crippen LogP) is 5.19.